The number of nitrogens with one attached hydrogen (secondary N) is 1. The van der Waals surface area contributed by atoms with Crippen molar-refractivity contribution in [1.29, 1.82) is 0 Å². The molecule has 1 amide bonds. The Hall–Kier alpha value is -3.91. The molecule has 1 N–H and O–H groups in total. The van der Waals surface area contributed by atoms with Gasteiger partial charge in [-0.05, 0) is 48.5 Å². The van der Waals surface area contributed by atoms with Crippen LogP contribution < -0.4 is 15.0 Å². The van der Waals surface area contributed by atoms with E-state index in [0.717, 1.165) is 18.8 Å². The fraction of sp³-hybridized carbons (Fsp3) is 0.208. The molecule has 0 spiro atoms. The van der Waals surface area contributed by atoms with Crippen molar-refractivity contribution >= 4 is 23.3 Å². The average molecular weight is 433 g/mol. The van der Waals surface area contributed by atoms with Gasteiger partial charge in [-0.3, -0.25) is 4.79 Å². The third-order valence-electron chi connectivity index (χ3n) is 4.81. The highest BCUT2D eigenvalue weighted by Gasteiger charge is 2.17. The molecule has 2 aromatic carbocycles. The molecule has 8 heteroatoms. The molecule has 1 aromatic heterocycles. The lowest BCUT2D eigenvalue weighted by atomic mass is 10.2. The molecule has 32 heavy (non-hydrogen) atoms. The van der Waals surface area contributed by atoms with Crippen molar-refractivity contribution in [2.24, 2.45) is 0 Å². The third kappa shape index (κ3) is 5.61. The molecule has 1 aliphatic heterocycles. The molecule has 1 saturated heterocycles. The summed E-state index contributed by atoms with van der Waals surface area (Å²) in [6.45, 7) is 2.67. The number of carbonyl (C=O) groups excluding carboxylic acids is 2. The first-order valence-corrected chi connectivity index (χ1v) is 10.3. The Morgan fingerprint density at radius 1 is 0.969 bits per heavy atom. The van der Waals surface area contributed by atoms with Gasteiger partial charge in [0.25, 0.3) is 5.91 Å². The molecule has 1 aliphatic rings. The van der Waals surface area contributed by atoms with Crippen LogP contribution in [0.5, 0.6) is 11.6 Å². The highest BCUT2D eigenvalue weighted by Crippen LogP contribution is 2.23. The quantitative estimate of drug-likeness (QED) is 0.570. The summed E-state index contributed by atoms with van der Waals surface area (Å²) in [7, 11) is 0. The Morgan fingerprint density at radius 3 is 2.47 bits per heavy atom. The number of para-hydroxylation sites is 1. The Bertz CT molecular complexity index is 1050. The normalized spacial score (nSPS) is 13.3. The van der Waals surface area contributed by atoms with Crippen LogP contribution in [-0.4, -0.2) is 49.8 Å². The van der Waals surface area contributed by atoms with E-state index in [1.54, 1.807) is 18.2 Å². The second-order valence-electron chi connectivity index (χ2n) is 7.04. The molecule has 0 saturated carbocycles. The minimum Gasteiger partial charge on any atom is -0.452 e. The first-order chi connectivity index (χ1) is 15.7. The van der Waals surface area contributed by atoms with E-state index < -0.39 is 18.5 Å². The summed E-state index contributed by atoms with van der Waals surface area (Å²) in [6.07, 6.45) is 1.52. The smallest absolute Gasteiger partial charge is 0.344 e. The van der Waals surface area contributed by atoms with Crippen LogP contribution in [0.4, 0.5) is 11.4 Å². The van der Waals surface area contributed by atoms with E-state index in [9.17, 15) is 9.59 Å². The van der Waals surface area contributed by atoms with Crippen LogP contribution in [0.1, 0.15) is 10.4 Å². The second-order valence-corrected chi connectivity index (χ2v) is 7.04. The number of aromatic nitrogens is 1. The number of hydrogen-bond acceptors (Lipinski definition) is 7. The third-order valence-corrected chi connectivity index (χ3v) is 4.81. The lowest BCUT2D eigenvalue weighted by molar-refractivity contribution is -0.119. The van der Waals surface area contributed by atoms with Gasteiger partial charge >= 0.3 is 5.97 Å². The Balaban J connectivity index is 1.31. The number of anilines is 2. The lowest BCUT2D eigenvalue weighted by Crippen LogP contribution is -2.36. The van der Waals surface area contributed by atoms with Gasteiger partial charge in [0.05, 0.1) is 13.2 Å². The van der Waals surface area contributed by atoms with Crippen molar-refractivity contribution in [2.45, 2.75) is 0 Å². The first kappa shape index (κ1) is 21.3. The number of morpholine rings is 1. The van der Waals surface area contributed by atoms with Gasteiger partial charge < -0.3 is 24.4 Å². The highest BCUT2D eigenvalue weighted by atomic mass is 16.5. The fourth-order valence-corrected chi connectivity index (χ4v) is 3.21. The summed E-state index contributed by atoms with van der Waals surface area (Å²) in [5.74, 6) is -0.477. The number of amides is 1. The van der Waals surface area contributed by atoms with Gasteiger partial charge in [-0.1, -0.05) is 18.2 Å². The van der Waals surface area contributed by atoms with Crippen LogP contribution in [0.15, 0.2) is 72.9 Å². The summed E-state index contributed by atoms with van der Waals surface area (Å²) in [6, 6.07) is 19.6. The number of carbonyl (C=O) groups is 2. The number of benzene rings is 2. The Labute approximate surface area is 185 Å². The highest BCUT2D eigenvalue weighted by molar-refractivity contribution is 5.96. The molecule has 0 bridgehead atoms. The monoisotopic (exact) mass is 433 g/mol. The van der Waals surface area contributed by atoms with Gasteiger partial charge in [0.2, 0.25) is 5.88 Å². The van der Waals surface area contributed by atoms with E-state index in [4.69, 9.17) is 14.2 Å². The molecular weight excluding hydrogens is 410 g/mol. The number of rotatable bonds is 7. The summed E-state index contributed by atoms with van der Waals surface area (Å²) < 4.78 is 16.2. The minimum absolute atomic E-state index is 0.114. The molecule has 8 nitrogen and oxygen atoms in total. The predicted octanol–water partition coefficient (Wildman–Crippen LogP) is 3.51. The van der Waals surface area contributed by atoms with Gasteiger partial charge in [0, 0.05) is 30.7 Å². The topological polar surface area (TPSA) is 90.0 Å². The van der Waals surface area contributed by atoms with Gasteiger partial charge in [0.1, 0.15) is 11.3 Å². The number of ether oxygens (including phenoxy) is 3. The maximum Gasteiger partial charge on any atom is 0.344 e. The Morgan fingerprint density at radius 2 is 1.72 bits per heavy atom. The van der Waals surface area contributed by atoms with Crippen molar-refractivity contribution in [3.05, 3.63) is 78.5 Å². The molecule has 0 atom stereocenters. The zero-order valence-electron chi connectivity index (χ0n) is 17.4. The van der Waals surface area contributed by atoms with E-state index in [2.05, 4.69) is 15.2 Å². The Kier molecular flexibility index (Phi) is 6.94. The molecular formula is C24H23N3O5. The second kappa shape index (κ2) is 10.4. The zero-order chi connectivity index (χ0) is 22.2. The fourth-order valence-electron chi connectivity index (χ4n) is 3.21. The summed E-state index contributed by atoms with van der Waals surface area (Å²) in [5.41, 5.74) is 1.83. The van der Waals surface area contributed by atoms with Crippen LogP contribution >= 0.6 is 0 Å². The van der Waals surface area contributed by atoms with E-state index in [1.807, 2.05) is 42.5 Å². The predicted molar refractivity (Wildman–Crippen MR) is 119 cm³/mol. The van der Waals surface area contributed by atoms with E-state index in [1.165, 1.54) is 12.3 Å². The summed E-state index contributed by atoms with van der Waals surface area (Å²) in [5, 5.41) is 2.73. The summed E-state index contributed by atoms with van der Waals surface area (Å²) >= 11 is 0. The van der Waals surface area contributed by atoms with Gasteiger partial charge in [-0.15, -0.1) is 0 Å². The molecule has 164 valence electrons. The van der Waals surface area contributed by atoms with Crippen molar-refractivity contribution in [3.8, 4) is 11.6 Å². The molecule has 0 aliphatic carbocycles. The first-order valence-electron chi connectivity index (χ1n) is 10.3. The maximum absolute atomic E-state index is 12.5. The van der Waals surface area contributed by atoms with Crippen LogP contribution in [0.3, 0.4) is 0 Å². The van der Waals surface area contributed by atoms with Crippen LogP contribution in [0.2, 0.25) is 0 Å². The number of nitrogens with zero attached hydrogens (tertiary/aromatic N) is 2. The average Bonchev–Trinajstić information content (AvgIpc) is 2.84. The molecule has 1 fully saturated rings. The van der Waals surface area contributed by atoms with Gasteiger partial charge in [0.15, 0.2) is 6.61 Å². The van der Waals surface area contributed by atoms with E-state index in [0.29, 0.717) is 24.7 Å². The van der Waals surface area contributed by atoms with Crippen molar-refractivity contribution in [1.82, 2.24) is 4.98 Å². The molecule has 4 rings (SSSR count). The maximum atomic E-state index is 12.5. The van der Waals surface area contributed by atoms with Crippen molar-refractivity contribution in [2.75, 3.05) is 43.1 Å². The minimum atomic E-state index is -0.693. The number of pyridine rings is 1. The number of hydrogen-bond donors (Lipinski definition) is 1. The zero-order valence-corrected chi connectivity index (χ0v) is 17.4. The largest absolute Gasteiger partial charge is 0.452 e. The van der Waals surface area contributed by atoms with Crippen molar-refractivity contribution in [3.63, 3.8) is 0 Å². The molecule has 2 heterocycles. The lowest BCUT2D eigenvalue weighted by Gasteiger charge is -2.28. The molecule has 0 unspecified atom stereocenters. The van der Waals surface area contributed by atoms with Crippen molar-refractivity contribution < 1.29 is 23.8 Å². The van der Waals surface area contributed by atoms with Gasteiger partial charge in [-0.25, -0.2) is 9.78 Å². The molecule has 3 aromatic rings. The molecule has 0 radical (unpaired) electrons. The van der Waals surface area contributed by atoms with E-state index in [-0.39, 0.29) is 11.4 Å². The van der Waals surface area contributed by atoms with Crippen LogP contribution in [0, 0.1) is 0 Å². The summed E-state index contributed by atoms with van der Waals surface area (Å²) in [4.78, 5) is 31.1. The standard InChI is InChI=1S/C24H23N3O5/c28-22(26-18-8-10-19(11-9-18)27-13-15-30-16-14-27)17-31-24(29)21-7-4-12-25-23(21)32-20-5-2-1-3-6-20/h1-12H,13-17H2,(H,26,28). The SMILES string of the molecule is O=C(COC(=O)c1cccnc1Oc1ccccc1)Nc1ccc(N2CCOCC2)cc1. The van der Waals surface area contributed by atoms with Crippen LogP contribution in [0.25, 0.3) is 0 Å². The van der Waals surface area contributed by atoms with Gasteiger partial charge in [-0.2, -0.15) is 0 Å². The number of esters is 1. The van der Waals surface area contributed by atoms with E-state index >= 15 is 0 Å². The van der Waals surface area contributed by atoms with Crippen LogP contribution in [-0.2, 0) is 14.3 Å².